The van der Waals surface area contributed by atoms with Crippen LogP contribution in [0.1, 0.15) is 46.0 Å². The van der Waals surface area contributed by atoms with Crippen LogP contribution in [0.5, 0.6) is 0 Å². The summed E-state index contributed by atoms with van der Waals surface area (Å²) < 4.78 is 25.3. The van der Waals surface area contributed by atoms with E-state index in [-0.39, 0.29) is 35.6 Å². The Hall–Kier alpha value is -0.940. The Bertz CT molecular complexity index is 551. The van der Waals surface area contributed by atoms with Crippen molar-refractivity contribution in [3.05, 3.63) is 11.6 Å². The van der Waals surface area contributed by atoms with Crippen molar-refractivity contribution in [3.8, 4) is 0 Å². The first kappa shape index (κ1) is 16.5. The van der Waals surface area contributed by atoms with Gasteiger partial charge in [0.2, 0.25) is 0 Å². The zero-order valence-electron chi connectivity index (χ0n) is 14.7. The highest BCUT2D eigenvalue weighted by Gasteiger charge is 2.62. The summed E-state index contributed by atoms with van der Waals surface area (Å²) in [6.07, 6.45) is 6.03. The standard InChI is InChI=1S/C19H28FNO3/c1-12-4-3-8-19(2)17(24-19)16-14(6-5-12)15(18(22)23-16)11-21-9-7-13(20)10-21/h4,13-17H,3,5-11H2,1-2H3/t13-,14+,15+,16+,17+,19-/m1/s1. The number of nitrogens with zero attached hydrogens (tertiary/aromatic N) is 1. The van der Waals surface area contributed by atoms with Crippen LogP contribution in [0.25, 0.3) is 0 Å². The molecule has 0 saturated carbocycles. The number of hydrogen-bond acceptors (Lipinski definition) is 4. The van der Waals surface area contributed by atoms with Gasteiger partial charge in [0.1, 0.15) is 18.4 Å². The summed E-state index contributed by atoms with van der Waals surface area (Å²) in [5.74, 6) is -0.0588. The first-order chi connectivity index (χ1) is 11.5. The van der Waals surface area contributed by atoms with Gasteiger partial charge in [0.15, 0.2) is 0 Å². The third-order valence-corrected chi connectivity index (χ3v) is 6.41. The van der Waals surface area contributed by atoms with Gasteiger partial charge in [0.25, 0.3) is 0 Å². The minimum atomic E-state index is -0.748. The Kier molecular flexibility index (Phi) is 4.20. The average Bonchev–Trinajstić information content (AvgIpc) is 2.85. The van der Waals surface area contributed by atoms with Crippen LogP contribution in [0.15, 0.2) is 11.6 Å². The number of halogens is 1. The van der Waals surface area contributed by atoms with Crippen molar-refractivity contribution in [2.24, 2.45) is 11.8 Å². The van der Waals surface area contributed by atoms with Gasteiger partial charge in [0, 0.05) is 25.6 Å². The predicted octanol–water partition coefficient (Wildman–Crippen LogP) is 2.87. The van der Waals surface area contributed by atoms with Crippen LogP contribution in [0.4, 0.5) is 4.39 Å². The van der Waals surface area contributed by atoms with Crippen LogP contribution in [0.3, 0.4) is 0 Å². The largest absolute Gasteiger partial charge is 0.459 e. The molecule has 3 aliphatic heterocycles. The van der Waals surface area contributed by atoms with E-state index >= 15 is 0 Å². The van der Waals surface area contributed by atoms with Crippen LogP contribution in [-0.2, 0) is 14.3 Å². The van der Waals surface area contributed by atoms with Crippen LogP contribution < -0.4 is 0 Å². The first-order valence-electron chi connectivity index (χ1n) is 9.37. The normalized spacial score (nSPS) is 46.0. The number of ether oxygens (including phenoxy) is 2. The molecule has 4 nitrogen and oxygen atoms in total. The van der Waals surface area contributed by atoms with Gasteiger partial charge in [-0.2, -0.15) is 0 Å². The van der Waals surface area contributed by atoms with Gasteiger partial charge in [-0.1, -0.05) is 11.6 Å². The molecule has 0 bridgehead atoms. The lowest BCUT2D eigenvalue weighted by atomic mass is 9.80. The lowest BCUT2D eigenvalue weighted by Gasteiger charge is -2.25. The summed E-state index contributed by atoms with van der Waals surface area (Å²) in [5.41, 5.74) is 1.24. The van der Waals surface area contributed by atoms with Crippen molar-refractivity contribution in [2.75, 3.05) is 19.6 Å². The maximum absolute atomic E-state index is 13.5. The number of alkyl halides is 1. The minimum absolute atomic E-state index is 0.0377. The average molecular weight is 337 g/mol. The molecule has 5 heteroatoms. The fourth-order valence-electron chi connectivity index (χ4n) is 4.78. The van der Waals surface area contributed by atoms with Gasteiger partial charge in [-0.3, -0.25) is 9.69 Å². The third-order valence-electron chi connectivity index (χ3n) is 6.41. The zero-order valence-corrected chi connectivity index (χ0v) is 14.7. The maximum atomic E-state index is 13.5. The quantitative estimate of drug-likeness (QED) is 0.441. The first-order valence-corrected chi connectivity index (χ1v) is 9.37. The van der Waals surface area contributed by atoms with E-state index in [0.29, 0.717) is 19.5 Å². The van der Waals surface area contributed by atoms with E-state index in [1.807, 2.05) is 0 Å². The lowest BCUT2D eigenvalue weighted by molar-refractivity contribution is -0.145. The smallest absolute Gasteiger partial charge is 0.311 e. The molecule has 3 heterocycles. The molecule has 0 aromatic carbocycles. The molecule has 0 radical (unpaired) electrons. The molecule has 0 spiro atoms. The zero-order chi connectivity index (χ0) is 16.9. The summed E-state index contributed by atoms with van der Waals surface area (Å²) in [6, 6.07) is 0. The van der Waals surface area contributed by atoms with Crippen LogP contribution in [0, 0.1) is 11.8 Å². The summed E-state index contributed by atoms with van der Waals surface area (Å²) in [5, 5.41) is 0. The molecule has 24 heavy (non-hydrogen) atoms. The van der Waals surface area contributed by atoms with Crippen LogP contribution >= 0.6 is 0 Å². The molecule has 0 amide bonds. The van der Waals surface area contributed by atoms with Gasteiger partial charge < -0.3 is 9.47 Å². The Morgan fingerprint density at radius 3 is 3.00 bits per heavy atom. The number of fused-ring (bicyclic) bond motifs is 3. The fraction of sp³-hybridized carbons (Fsp3) is 0.842. The molecule has 4 aliphatic rings. The minimum Gasteiger partial charge on any atom is -0.459 e. The number of carbonyl (C=O) groups is 1. The molecule has 3 fully saturated rings. The number of carbonyl (C=O) groups excluding carboxylic acids is 1. The molecule has 0 aromatic rings. The lowest BCUT2D eigenvalue weighted by Crippen LogP contribution is -2.36. The SMILES string of the molecule is CC1=CCC[C@@]2(C)O[C@H]2[C@H]2OC(=O)[C@@H](CN3CC[C@@H](F)C3)[C@@H]2CC1. The summed E-state index contributed by atoms with van der Waals surface area (Å²) in [6.45, 7) is 6.14. The van der Waals surface area contributed by atoms with Crippen molar-refractivity contribution in [1.29, 1.82) is 0 Å². The number of allylic oxidation sites excluding steroid dienone is 2. The van der Waals surface area contributed by atoms with Crippen molar-refractivity contribution >= 4 is 5.97 Å². The molecule has 134 valence electrons. The molecule has 3 saturated heterocycles. The van der Waals surface area contributed by atoms with Gasteiger partial charge >= 0.3 is 5.97 Å². The molecule has 1 aliphatic carbocycles. The molecule has 0 unspecified atom stereocenters. The summed E-state index contributed by atoms with van der Waals surface area (Å²) in [4.78, 5) is 14.6. The van der Waals surface area contributed by atoms with E-state index in [9.17, 15) is 9.18 Å². The Morgan fingerprint density at radius 2 is 2.25 bits per heavy atom. The van der Waals surface area contributed by atoms with E-state index < -0.39 is 6.17 Å². The van der Waals surface area contributed by atoms with Gasteiger partial charge in [-0.25, -0.2) is 4.39 Å². The second kappa shape index (κ2) is 6.10. The Balaban J connectivity index is 1.52. The van der Waals surface area contributed by atoms with Crippen molar-refractivity contribution in [2.45, 2.75) is 69.9 Å². The monoisotopic (exact) mass is 337 g/mol. The predicted molar refractivity (Wildman–Crippen MR) is 88.3 cm³/mol. The number of likely N-dealkylation sites (tertiary alicyclic amines) is 1. The number of hydrogen-bond donors (Lipinski definition) is 0. The molecular weight excluding hydrogens is 309 g/mol. The van der Waals surface area contributed by atoms with Gasteiger partial charge in [-0.05, 0) is 46.0 Å². The van der Waals surface area contributed by atoms with E-state index in [2.05, 4.69) is 24.8 Å². The molecular formula is C19H28FNO3. The van der Waals surface area contributed by atoms with Crippen LogP contribution in [-0.4, -0.2) is 54.5 Å². The summed E-state index contributed by atoms with van der Waals surface area (Å²) >= 11 is 0. The molecule has 6 atom stereocenters. The second-order valence-corrected chi connectivity index (χ2v) is 8.30. The summed E-state index contributed by atoms with van der Waals surface area (Å²) in [7, 11) is 0. The highest BCUT2D eigenvalue weighted by Crippen LogP contribution is 2.50. The number of esters is 1. The van der Waals surface area contributed by atoms with Crippen LogP contribution in [0.2, 0.25) is 0 Å². The van der Waals surface area contributed by atoms with E-state index in [0.717, 1.165) is 32.2 Å². The third kappa shape index (κ3) is 3.01. The van der Waals surface area contributed by atoms with Crippen molar-refractivity contribution in [1.82, 2.24) is 4.90 Å². The second-order valence-electron chi connectivity index (χ2n) is 8.30. The molecule has 0 N–H and O–H groups in total. The number of epoxide rings is 1. The van der Waals surface area contributed by atoms with E-state index in [1.54, 1.807) is 0 Å². The highest BCUT2D eigenvalue weighted by molar-refractivity contribution is 5.75. The molecule has 0 aromatic heterocycles. The van der Waals surface area contributed by atoms with Gasteiger partial charge in [-0.15, -0.1) is 0 Å². The van der Waals surface area contributed by atoms with E-state index in [4.69, 9.17) is 9.47 Å². The molecule has 4 rings (SSSR count). The Labute approximate surface area is 143 Å². The van der Waals surface area contributed by atoms with Crippen molar-refractivity contribution in [3.63, 3.8) is 0 Å². The van der Waals surface area contributed by atoms with Gasteiger partial charge in [0.05, 0.1) is 11.5 Å². The Morgan fingerprint density at radius 1 is 1.42 bits per heavy atom. The number of rotatable bonds is 2. The van der Waals surface area contributed by atoms with Crippen molar-refractivity contribution < 1.29 is 18.7 Å². The van der Waals surface area contributed by atoms with E-state index in [1.165, 1.54) is 5.57 Å². The fourth-order valence-corrected chi connectivity index (χ4v) is 4.78. The maximum Gasteiger partial charge on any atom is 0.311 e. The topological polar surface area (TPSA) is 42.1 Å². The highest BCUT2D eigenvalue weighted by atomic mass is 19.1.